The molecule has 2 saturated heterocycles. The predicted molar refractivity (Wildman–Crippen MR) is 89.6 cm³/mol. The Balaban J connectivity index is 1.71. The molecule has 3 rings (SSSR count). The molecule has 1 aromatic rings. The van der Waals surface area contributed by atoms with Gasteiger partial charge in [0.15, 0.2) is 0 Å². The van der Waals surface area contributed by atoms with Gasteiger partial charge in [0.2, 0.25) is 0 Å². The molecule has 6 nitrogen and oxygen atoms in total. The topological polar surface area (TPSA) is 59.1 Å². The zero-order valence-corrected chi connectivity index (χ0v) is 14.6. The van der Waals surface area contributed by atoms with E-state index in [-0.39, 0.29) is 12.0 Å². The number of hydrogen-bond donors (Lipinski definition) is 0. The van der Waals surface area contributed by atoms with Crippen molar-refractivity contribution in [3.63, 3.8) is 0 Å². The van der Waals surface area contributed by atoms with Gasteiger partial charge in [0.25, 0.3) is 5.91 Å². The van der Waals surface area contributed by atoms with Crippen LogP contribution in [-0.2, 0) is 4.74 Å². The standard InChI is InChI=1S/C17H21ClN2O4/c1-19-11-17(24-16(19)22)6-3-8-20(9-7-17)15(21)12-4-5-14(23-2)13(18)10-12/h4-5,10H,3,6-9,11H2,1-2H3/t17-/m1/s1. The van der Waals surface area contributed by atoms with Gasteiger partial charge in [-0.15, -0.1) is 0 Å². The van der Waals surface area contributed by atoms with Gasteiger partial charge in [-0.05, 0) is 31.0 Å². The molecule has 1 aromatic carbocycles. The molecule has 2 amide bonds. The van der Waals surface area contributed by atoms with Crippen molar-refractivity contribution in [2.75, 3.05) is 33.8 Å². The lowest BCUT2D eigenvalue weighted by atomic mass is 9.95. The smallest absolute Gasteiger partial charge is 0.410 e. The summed E-state index contributed by atoms with van der Waals surface area (Å²) in [5, 5.41) is 0.418. The van der Waals surface area contributed by atoms with Crippen LogP contribution in [0, 0.1) is 0 Å². The highest BCUT2D eigenvalue weighted by atomic mass is 35.5. The minimum Gasteiger partial charge on any atom is -0.495 e. The summed E-state index contributed by atoms with van der Waals surface area (Å²) >= 11 is 6.12. The Bertz CT molecular complexity index is 666. The van der Waals surface area contributed by atoms with E-state index in [2.05, 4.69) is 0 Å². The number of carbonyl (C=O) groups is 2. The van der Waals surface area contributed by atoms with Crippen molar-refractivity contribution < 1.29 is 19.1 Å². The molecule has 0 unspecified atom stereocenters. The molecule has 1 atom stereocenters. The second-order valence-electron chi connectivity index (χ2n) is 6.40. The lowest BCUT2D eigenvalue weighted by Crippen LogP contribution is -2.36. The summed E-state index contributed by atoms with van der Waals surface area (Å²) in [6, 6.07) is 5.05. The van der Waals surface area contributed by atoms with Crippen LogP contribution < -0.4 is 4.74 Å². The van der Waals surface area contributed by atoms with Gasteiger partial charge in [0.1, 0.15) is 11.4 Å². The zero-order valence-electron chi connectivity index (χ0n) is 13.9. The second kappa shape index (κ2) is 6.51. The summed E-state index contributed by atoms with van der Waals surface area (Å²) in [4.78, 5) is 27.8. The summed E-state index contributed by atoms with van der Waals surface area (Å²) in [5.74, 6) is 0.484. The molecule has 130 valence electrons. The van der Waals surface area contributed by atoms with Crippen LogP contribution in [0.25, 0.3) is 0 Å². The van der Waals surface area contributed by atoms with Crippen molar-refractivity contribution in [1.82, 2.24) is 9.80 Å². The quantitative estimate of drug-likeness (QED) is 0.821. The highest BCUT2D eigenvalue weighted by molar-refractivity contribution is 6.32. The lowest BCUT2D eigenvalue weighted by molar-refractivity contribution is 0.0438. The molecule has 0 radical (unpaired) electrons. The van der Waals surface area contributed by atoms with Crippen molar-refractivity contribution in [3.8, 4) is 5.75 Å². The SMILES string of the molecule is COc1ccc(C(=O)N2CCC[C@@]3(CC2)CN(C)C(=O)O3)cc1Cl. The van der Waals surface area contributed by atoms with Gasteiger partial charge in [-0.3, -0.25) is 4.79 Å². The van der Waals surface area contributed by atoms with E-state index in [1.54, 1.807) is 35.0 Å². The molecule has 0 saturated carbocycles. The van der Waals surface area contributed by atoms with Crippen LogP contribution in [0.15, 0.2) is 18.2 Å². The first-order valence-corrected chi connectivity index (χ1v) is 8.39. The van der Waals surface area contributed by atoms with Crippen molar-refractivity contribution in [3.05, 3.63) is 28.8 Å². The van der Waals surface area contributed by atoms with Crippen molar-refractivity contribution >= 4 is 23.6 Å². The van der Waals surface area contributed by atoms with Crippen molar-refractivity contribution in [1.29, 1.82) is 0 Å². The van der Waals surface area contributed by atoms with Crippen LogP contribution in [0.3, 0.4) is 0 Å². The number of ether oxygens (including phenoxy) is 2. The van der Waals surface area contributed by atoms with Crippen molar-refractivity contribution in [2.24, 2.45) is 0 Å². The number of rotatable bonds is 2. The molecule has 2 heterocycles. The normalized spacial score (nSPS) is 24.0. The number of hydrogen-bond acceptors (Lipinski definition) is 4. The Morgan fingerprint density at radius 1 is 1.33 bits per heavy atom. The number of benzene rings is 1. The Morgan fingerprint density at radius 3 is 2.75 bits per heavy atom. The Kier molecular flexibility index (Phi) is 4.58. The van der Waals surface area contributed by atoms with Crippen LogP contribution in [0.1, 0.15) is 29.6 Å². The summed E-state index contributed by atoms with van der Waals surface area (Å²) in [5.41, 5.74) is 0.0792. The van der Waals surface area contributed by atoms with Gasteiger partial charge in [0, 0.05) is 32.1 Å². The Hall–Kier alpha value is -1.95. The monoisotopic (exact) mass is 352 g/mol. The number of likely N-dealkylation sites (N-methyl/N-ethyl adjacent to an activating group) is 1. The maximum absolute atomic E-state index is 12.7. The molecular formula is C17H21ClN2O4. The summed E-state index contributed by atoms with van der Waals surface area (Å²) in [6.45, 7) is 1.79. The summed E-state index contributed by atoms with van der Waals surface area (Å²) < 4.78 is 10.7. The van der Waals surface area contributed by atoms with E-state index >= 15 is 0 Å². The molecule has 0 bridgehead atoms. The van der Waals surface area contributed by atoms with E-state index in [0.717, 1.165) is 12.8 Å². The largest absolute Gasteiger partial charge is 0.495 e. The average molecular weight is 353 g/mol. The van der Waals surface area contributed by atoms with E-state index in [9.17, 15) is 9.59 Å². The first-order valence-electron chi connectivity index (χ1n) is 8.01. The zero-order chi connectivity index (χ0) is 17.3. The number of amides is 2. The molecule has 0 N–H and O–H groups in total. The highest BCUT2D eigenvalue weighted by Crippen LogP contribution is 2.33. The molecule has 0 aromatic heterocycles. The van der Waals surface area contributed by atoms with Gasteiger partial charge in [-0.1, -0.05) is 11.6 Å². The molecule has 7 heteroatoms. The first kappa shape index (κ1) is 16.9. The third-order valence-electron chi connectivity index (χ3n) is 4.72. The fraction of sp³-hybridized carbons (Fsp3) is 0.529. The maximum Gasteiger partial charge on any atom is 0.410 e. The van der Waals surface area contributed by atoms with Crippen LogP contribution >= 0.6 is 11.6 Å². The van der Waals surface area contributed by atoms with Crippen LogP contribution in [-0.4, -0.2) is 61.2 Å². The van der Waals surface area contributed by atoms with E-state index in [4.69, 9.17) is 21.1 Å². The predicted octanol–water partition coefficient (Wildman–Crippen LogP) is 2.80. The molecule has 24 heavy (non-hydrogen) atoms. The van der Waals surface area contributed by atoms with E-state index in [0.29, 0.717) is 42.4 Å². The summed E-state index contributed by atoms with van der Waals surface area (Å²) in [7, 11) is 3.28. The first-order chi connectivity index (χ1) is 11.4. The van der Waals surface area contributed by atoms with Crippen LogP contribution in [0.2, 0.25) is 5.02 Å². The van der Waals surface area contributed by atoms with E-state index in [1.165, 1.54) is 7.11 Å². The number of likely N-dealkylation sites (tertiary alicyclic amines) is 1. The molecule has 2 aliphatic heterocycles. The van der Waals surface area contributed by atoms with E-state index < -0.39 is 5.60 Å². The number of halogens is 1. The third-order valence-corrected chi connectivity index (χ3v) is 5.02. The minimum absolute atomic E-state index is 0.0609. The van der Waals surface area contributed by atoms with Gasteiger partial charge in [-0.2, -0.15) is 0 Å². The molecule has 0 aliphatic carbocycles. The number of nitrogens with zero attached hydrogens (tertiary/aromatic N) is 2. The lowest BCUT2D eigenvalue weighted by Gasteiger charge is -2.25. The van der Waals surface area contributed by atoms with Gasteiger partial charge < -0.3 is 19.3 Å². The number of methoxy groups -OCH3 is 1. The summed E-state index contributed by atoms with van der Waals surface area (Å²) in [6.07, 6.45) is 1.95. The van der Waals surface area contributed by atoms with Gasteiger partial charge >= 0.3 is 6.09 Å². The van der Waals surface area contributed by atoms with Gasteiger partial charge in [0.05, 0.1) is 18.7 Å². The fourth-order valence-corrected chi connectivity index (χ4v) is 3.66. The molecule has 1 spiro atoms. The highest BCUT2D eigenvalue weighted by Gasteiger charge is 2.44. The molecule has 2 aliphatic rings. The van der Waals surface area contributed by atoms with Crippen molar-refractivity contribution in [2.45, 2.75) is 24.9 Å². The molecule has 2 fully saturated rings. The third kappa shape index (κ3) is 3.15. The maximum atomic E-state index is 12.7. The average Bonchev–Trinajstić information content (AvgIpc) is 2.72. The second-order valence-corrected chi connectivity index (χ2v) is 6.81. The van der Waals surface area contributed by atoms with E-state index in [1.807, 2.05) is 0 Å². The minimum atomic E-state index is -0.460. The Morgan fingerprint density at radius 2 is 2.12 bits per heavy atom. The fourth-order valence-electron chi connectivity index (χ4n) is 3.41. The number of carbonyl (C=O) groups excluding carboxylic acids is 2. The Labute approximate surface area is 146 Å². The van der Waals surface area contributed by atoms with Crippen LogP contribution in [0.4, 0.5) is 4.79 Å². The van der Waals surface area contributed by atoms with Gasteiger partial charge in [-0.25, -0.2) is 4.79 Å². The van der Waals surface area contributed by atoms with Crippen LogP contribution in [0.5, 0.6) is 5.75 Å². The molecular weight excluding hydrogens is 332 g/mol.